The normalized spacial score (nSPS) is 11.7. The van der Waals surface area contributed by atoms with Gasteiger partial charge in [-0.25, -0.2) is 4.98 Å². The molecule has 4 nitrogen and oxygen atoms in total. The number of hydrogen-bond donors (Lipinski definition) is 0. The van der Waals surface area contributed by atoms with Crippen LogP contribution < -0.4 is 0 Å². The molecule has 0 saturated heterocycles. The molecule has 2 aromatic carbocycles. The number of aromatic nitrogens is 4. The van der Waals surface area contributed by atoms with Crippen LogP contribution in [0.1, 0.15) is 33.4 Å². The summed E-state index contributed by atoms with van der Waals surface area (Å²) >= 11 is 0. The van der Waals surface area contributed by atoms with Crippen molar-refractivity contribution in [2.24, 2.45) is 0 Å². The van der Waals surface area contributed by atoms with Gasteiger partial charge in [-0.2, -0.15) is 0 Å². The largest absolute Gasteiger partial charge is 0.291 e. The van der Waals surface area contributed by atoms with Gasteiger partial charge in [0.05, 0.1) is 22.4 Å². The van der Waals surface area contributed by atoms with E-state index in [9.17, 15) is 0 Å². The summed E-state index contributed by atoms with van der Waals surface area (Å²) in [5, 5.41) is 2.06. The summed E-state index contributed by atoms with van der Waals surface area (Å²) in [7, 11) is 0. The zero-order chi connectivity index (χ0) is 24.4. The van der Waals surface area contributed by atoms with Crippen LogP contribution in [0.2, 0.25) is 0 Å². The smallest absolute Gasteiger partial charge is 0.148 e. The van der Waals surface area contributed by atoms with Gasteiger partial charge in [-0.05, 0) is 82.0 Å². The minimum absolute atomic E-state index is 0.926. The summed E-state index contributed by atoms with van der Waals surface area (Å²) in [5.74, 6) is 0. The van der Waals surface area contributed by atoms with E-state index < -0.39 is 0 Å². The van der Waals surface area contributed by atoms with E-state index in [2.05, 4.69) is 87.3 Å². The second kappa shape index (κ2) is 7.74. The topological polar surface area (TPSA) is 43.1 Å². The Morgan fingerprint density at radius 1 is 0.686 bits per heavy atom. The van der Waals surface area contributed by atoms with Gasteiger partial charge in [0.2, 0.25) is 0 Å². The molecule has 0 aliphatic carbocycles. The minimum atomic E-state index is 0.926. The van der Waals surface area contributed by atoms with Crippen molar-refractivity contribution in [3.8, 4) is 22.5 Å². The summed E-state index contributed by atoms with van der Waals surface area (Å²) in [6.07, 6.45) is 5.63. The van der Waals surface area contributed by atoms with Crippen LogP contribution in [0.4, 0.5) is 0 Å². The molecule has 4 aromatic heterocycles. The number of rotatable bonds is 2. The first-order valence-corrected chi connectivity index (χ1v) is 12.0. The molecule has 0 aliphatic rings. The first-order chi connectivity index (χ1) is 16.8. The number of hydrogen-bond acceptors (Lipinski definition) is 3. The average Bonchev–Trinajstić information content (AvgIpc) is 3.18. The number of pyridine rings is 3. The Morgan fingerprint density at radius 2 is 1.31 bits per heavy atom. The lowest BCUT2D eigenvalue weighted by atomic mass is 9.91. The molecule has 0 fully saturated rings. The van der Waals surface area contributed by atoms with E-state index in [0.717, 1.165) is 38.8 Å². The highest BCUT2D eigenvalue weighted by molar-refractivity contribution is 6.11. The Kier molecular flexibility index (Phi) is 4.75. The molecule has 0 N–H and O–H groups in total. The van der Waals surface area contributed by atoms with E-state index in [1.54, 1.807) is 0 Å². The third kappa shape index (κ3) is 3.17. The molecular weight excluding hydrogens is 428 g/mol. The Labute approximate surface area is 205 Å². The average molecular weight is 457 g/mol. The highest BCUT2D eigenvalue weighted by Gasteiger charge is 2.25. The molecule has 0 amide bonds. The fourth-order valence-electron chi connectivity index (χ4n) is 5.91. The van der Waals surface area contributed by atoms with Crippen LogP contribution in [-0.4, -0.2) is 19.4 Å². The second-order valence-electron chi connectivity index (χ2n) is 9.81. The summed E-state index contributed by atoms with van der Waals surface area (Å²) in [6, 6.07) is 15.2. The molecule has 35 heavy (non-hydrogen) atoms. The van der Waals surface area contributed by atoms with Gasteiger partial charge >= 0.3 is 0 Å². The fourth-order valence-corrected chi connectivity index (χ4v) is 5.91. The van der Waals surface area contributed by atoms with Crippen LogP contribution in [-0.2, 0) is 0 Å². The second-order valence-corrected chi connectivity index (χ2v) is 9.81. The minimum Gasteiger partial charge on any atom is -0.291 e. The van der Waals surface area contributed by atoms with Crippen LogP contribution in [0.3, 0.4) is 0 Å². The molecule has 0 unspecified atom stereocenters. The number of imidazole rings is 1. The van der Waals surface area contributed by atoms with Gasteiger partial charge in [0.1, 0.15) is 5.65 Å². The fraction of sp³-hybridized carbons (Fsp3) is 0.194. The van der Waals surface area contributed by atoms with Crippen LogP contribution in [0.15, 0.2) is 61.1 Å². The van der Waals surface area contributed by atoms with Gasteiger partial charge in [-0.15, -0.1) is 0 Å². The number of aryl methyl sites for hydroxylation is 6. The maximum Gasteiger partial charge on any atom is 0.148 e. The van der Waals surface area contributed by atoms with Crippen molar-refractivity contribution in [3.05, 3.63) is 94.4 Å². The molecule has 4 heterocycles. The van der Waals surface area contributed by atoms with Crippen molar-refractivity contribution in [3.63, 3.8) is 0 Å². The van der Waals surface area contributed by atoms with Crippen molar-refractivity contribution in [2.45, 2.75) is 41.5 Å². The molecule has 0 aliphatic heterocycles. The van der Waals surface area contributed by atoms with Crippen molar-refractivity contribution in [2.75, 3.05) is 0 Å². The lowest BCUT2D eigenvalue weighted by Gasteiger charge is -2.17. The zero-order valence-corrected chi connectivity index (χ0v) is 21.1. The first kappa shape index (κ1) is 21.5. The van der Waals surface area contributed by atoms with Gasteiger partial charge in [0.15, 0.2) is 0 Å². The highest BCUT2D eigenvalue weighted by Crippen LogP contribution is 2.42. The lowest BCUT2D eigenvalue weighted by molar-refractivity contribution is 1.22. The van der Waals surface area contributed by atoms with Gasteiger partial charge in [-0.1, -0.05) is 35.4 Å². The Hall–Kier alpha value is -4.05. The van der Waals surface area contributed by atoms with Crippen molar-refractivity contribution in [1.82, 2.24) is 19.4 Å². The van der Waals surface area contributed by atoms with Crippen molar-refractivity contribution >= 4 is 27.5 Å². The molecule has 0 atom stereocenters. The molecule has 0 saturated carbocycles. The van der Waals surface area contributed by atoms with Gasteiger partial charge in [0, 0.05) is 40.5 Å². The Bertz CT molecular complexity index is 1760. The van der Waals surface area contributed by atoms with Crippen LogP contribution in [0, 0.1) is 41.5 Å². The van der Waals surface area contributed by atoms with Crippen LogP contribution >= 0.6 is 0 Å². The Morgan fingerprint density at radius 3 is 1.97 bits per heavy atom. The first-order valence-electron chi connectivity index (χ1n) is 12.0. The summed E-state index contributed by atoms with van der Waals surface area (Å²) in [5.41, 5.74) is 15.0. The number of fused-ring (bicyclic) bond motifs is 6. The van der Waals surface area contributed by atoms with Gasteiger partial charge < -0.3 is 0 Å². The van der Waals surface area contributed by atoms with Gasteiger partial charge in [-0.3, -0.25) is 14.4 Å². The van der Waals surface area contributed by atoms with Gasteiger partial charge in [0.25, 0.3) is 0 Å². The third-order valence-corrected chi connectivity index (χ3v) is 7.05. The van der Waals surface area contributed by atoms with Crippen molar-refractivity contribution in [1.29, 1.82) is 0 Å². The molecular formula is C31H28N4. The molecule has 0 bridgehead atoms. The maximum atomic E-state index is 5.40. The summed E-state index contributed by atoms with van der Waals surface area (Å²) in [4.78, 5) is 14.6. The predicted molar refractivity (Wildman–Crippen MR) is 145 cm³/mol. The SMILES string of the molecule is Cc1cc(C)c(-c2nc3c4cccnc4c4cnccc4n3c2-c2c(C)cc(C)cc2C)c(C)c1. The van der Waals surface area contributed by atoms with E-state index in [0.29, 0.717) is 0 Å². The van der Waals surface area contributed by atoms with Crippen molar-refractivity contribution < 1.29 is 0 Å². The zero-order valence-electron chi connectivity index (χ0n) is 21.1. The van der Waals surface area contributed by atoms with Crippen LogP contribution in [0.5, 0.6) is 0 Å². The molecule has 6 aromatic rings. The van der Waals surface area contributed by atoms with E-state index in [1.807, 2.05) is 24.7 Å². The predicted octanol–water partition coefficient (Wildman–Crippen LogP) is 7.62. The molecule has 6 rings (SSSR count). The maximum absolute atomic E-state index is 5.40. The monoisotopic (exact) mass is 456 g/mol. The highest BCUT2D eigenvalue weighted by atomic mass is 15.0. The van der Waals surface area contributed by atoms with Crippen LogP contribution in [0.25, 0.3) is 50.0 Å². The third-order valence-electron chi connectivity index (χ3n) is 7.05. The number of nitrogens with zero attached hydrogens (tertiary/aromatic N) is 4. The van der Waals surface area contributed by atoms with E-state index in [-0.39, 0.29) is 0 Å². The standard InChI is InChI=1S/C31H28N4/c1-17-12-19(3)26(20(4)13-17)29-30(27-21(5)14-18(2)15-22(27)6)35-25-9-11-32-16-24(25)28-23(31(35)34-29)8-7-10-33-28/h7-16H,1-6H3. The molecule has 0 spiro atoms. The van der Waals surface area contributed by atoms with E-state index >= 15 is 0 Å². The quantitative estimate of drug-likeness (QED) is 0.252. The molecule has 4 heteroatoms. The molecule has 0 radical (unpaired) electrons. The number of benzene rings is 2. The summed E-state index contributed by atoms with van der Waals surface area (Å²) < 4.78 is 2.33. The Balaban J connectivity index is 1.92. The lowest BCUT2D eigenvalue weighted by Crippen LogP contribution is -2.00. The van der Waals surface area contributed by atoms with E-state index in [4.69, 9.17) is 9.97 Å². The molecule has 172 valence electrons. The van der Waals surface area contributed by atoms with E-state index in [1.165, 1.54) is 44.5 Å². The summed E-state index contributed by atoms with van der Waals surface area (Å²) in [6.45, 7) is 13.1.